The lowest BCUT2D eigenvalue weighted by Crippen LogP contribution is -2.24. The van der Waals surface area contributed by atoms with E-state index < -0.39 is 5.91 Å². The zero-order valence-corrected chi connectivity index (χ0v) is 13.1. The minimum Gasteiger partial charge on any atom is -0.322 e. The number of aryl methyl sites for hydroxylation is 1. The molecule has 0 aliphatic carbocycles. The third-order valence-corrected chi connectivity index (χ3v) is 3.67. The van der Waals surface area contributed by atoms with Crippen LogP contribution in [0.2, 0.25) is 5.02 Å². The van der Waals surface area contributed by atoms with Gasteiger partial charge >= 0.3 is 0 Å². The fourth-order valence-electron chi connectivity index (χ4n) is 2.30. The molecule has 0 aliphatic heterocycles. The van der Waals surface area contributed by atoms with E-state index in [9.17, 15) is 9.59 Å². The van der Waals surface area contributed by atoms with Gasteiger partial charge in [0.15, 0.2) is 0 Å². The summed E-state index contributed by atoms with van der Waals surface area (Å²) in [5.74, 6) is -0.458. The number of benzene rings is 2. The van der Waals surface area contributed by atoms with E-state index in [2.05, 4.69) is 10.4 Å². The Hall–Kier alpha value is -2.79. The first kappa shape index (κ1) is 15.1. The number of hydrogen-bond acceptors (Lipinski definition) is 2. The molecule has 3 aromatic rings. The van der Waals surface area contributed by atoms with E-state index in [1.165, 1.54) is 4.68 Å². The molecule has 5 nitrogen and oxygen atoms in total. The van der Waals surface area contributed by atoms with Gasteiger partial charge in [-0.05, 0) is 43.3 Å². The van der Waals surface area contributed by atoms with E-state index in [0.29, 0.717) is 22.1 Å². The topological polar surface area (TPSA) is 66.9 Å². The van der Waals surface area contributed by atoms with E-state index in [1.54, 1.807) is 43.3 Å². The number of halogens is 1. The van der Waals surface area contributed by atoms with Gasteiger partial charge in [-0.2, -0.15) is 0 Å². The van der Waals surface area contributed by atoms with Gasteiger partial charge in [-0.1, -0.05) is 29.8 Å². The maximum Gasteiger partial charge on any atom is 0.284 e. The number of rotatable bonds is 3. The third-order valence-electron chi connectivity index (χ3n) is 3.42. The highest BCUT2D eigenvalue weighted by Gasteiger charge is 2.19. The Morgan fingerprint density at radius 3 is 2.39 bits per heavy atom. The minimum absolute atomic E-state index is 0.0869. The number of carbonyl (C=O) groups excluding carboxylic acids is 1. The summed E-state index contributed by atoms with van der Waals surface area (Å²) in [7, 11) is 0. The Morgan fingerprint density at radius 1 is 1.09 bits per heavy atom. The van der Waals surface area contributed by atoms with Crippen LogP contribution in [0.15, 0.2) is 59.4 Å². The summed E-state index contributed by atoms with van der Waals surface area (Å²) < 4.78 is 1.35. The van der Waals surface area contributed by atoms with Crippen molar-refractivity contribution in [1.82, 2.24) is 9.78 Å². The molecule has 0 spiro atoms. The molecule has 0 atom stereocenters. The molecule has 2 aromatic carbocycles. The number of amides is 1. The Labute approximate surface area is 137 Å². The van der Waals surface area contributed by atoms with Crippen LogP contribution in [-0.4, -0.2) is 15.7 Å². The van der Waals surface area contributed by atoms with Crippen LogP contribution >= 0.6 is 11.6 Å². The van der Waals surface area contributed by atoms with E-state index in [-0.39, 0.29) is 11.1 Å². The molecule has 6 heteroatoms. The summed E-state index contributed by atoms with van der Waals surface area (Å²) in [6, 6.07) is 15.8. The first-order chi connectivity index (χ1) is 11.1. The predicted octanol–water partition coefficient (Wildman–Crippen LogP) is 3.38. The molecule has 3 rings (SSSR count). The quantitative estimate of drug-likeness (QED) is 0.774. The van der Waals surface area contributed by atoms with E-state index >= 15 is 0 Å². The van der Waals surface area contributed by atoms with Crippen LogP contribution in [-0.2, 0) is 0 Å². The smallest absolute Gasteiger partial charge is 0.284 e. The van der Waals surface area contributed by atoms with Gasteiger partial charge in [0.2, 0.25) is 0 Å². The van der Waals surface area contributed by atoms with Crippen molar-refractivity contribution in [3.05, 3.63) is 81.2 Å². The molecule has 1 heterocycles. The Morgan fingerprint density at radius 2 is 1.74 bits per heavy atom. The second-order valence-electron chi connectivity index (χ2n) is 5.05. The average Bonchev–Trinajstić information content (AvgIpc) is 2.85. The van der Waals surface area contributed by atoms with Gasteiger partial charge in [0.25, 0.3) is 11.5 Å². The van der Waals surface area contributed by atoms with Gasteiger partial charge in [0, 0.05) is 16.4 Å². The lowest BCUT2D eigenvalue weighted by atomic mass is 10.2. The van der Waals surface area contributed by atoms with Crippen molar-refractivity contribution in [1.29, 1.82) is 0 Å². The molecular weight excluding hydrogens is 314 g/mol. The van der Waals surface area contributed by atoms with Crippen molar-refractivity contribution >= 4 is 23.2 Å². The van der Waals surface area contributed by atoms with Crippen LogP contribution in [0.4, 0.5) is 5.69 Å². The Bertz CT molecular complexity index is 896. The minimum atomic E-state index is -0.458. The third kappa shape index (κ3) is 3.05. The molecule has 0 aliphatic rings. The number of nitrogens with zero attached hydrogens (tertiary/aromatic N) is 1. The molecule has 0 unspecified atom stereocenters. The van der Waals surface area contributed by atoms with Crippen molar-refractivity contribution in [2.24, 2.45) is 0 Å². The molecule has 0 radical (unpaired) electrons. The highest BCUT2D eigenvalue weighted by molar-refractivity contribution is 6.30. The maximum atomic E-state index is 12.5. The van der Waals surface area contributed by atoms with Gasteiger partial charge in [-0.25, -0.2) is 4.68 Å². The van der Waals surface area contributed by atoms with Crippen molar-refractivity contribution in [3.8, 4) is 5.69 Å². The van der Waals surface area contributed by atoms with Gasteiger partial charge in [-0.3, -0.25) is 14.7 Å². The first-order valence-electron chi connectivity index (χ1n) is 7.00. The van der Waals surface area contributed by atoms with Crippen LogP contribution in [0.25, 0.3) is 5.69 Å². The number of H-pyrrole nitrogens is 1. The molecule has 0 fully saturated rings. The van der Waals surface area contributed by atoms with Crippen molar-refractivity contribution in [3.63, 3.8) is 0 Å². The van der Waals surface area contributed by atoms with Crippen molar-refractivity contribution < 1.29 is 4.79 Å². The summed E-state index contributed by atoms with van der Waals surface area (Å²) in [5, 5.41) is 6.20. The highest BCUT2D eigenvalue weighted by Crippen LogP contribution is 2.15. The summed E-state index contributed by atoms with van der Waals surface area (Å²) in [6.45, 7) is 1.69. The number of anilines is 1. The zero-order chi connectivity index (χ0) is 16.4. The Balaban J connectivity index is 1.94. The molecule has 1 aromatic heterocycles. The van der Waals surface area contributed by atoms with E-state index in [1.807, 2.05) is 18.2 Å². The van der Waals surface area contributed by atoms with Crippen LogP contribution in [0.5, 0.6) is 0 Å². The molecule has 0 saturated carbocycles. The number of nitrogens with one attached hydrogen (secondary N) is 2. The summed E-state index contributed by atoms with van der Waals surface area (Å²) >= 11 is 5.82. The van der Waals surface area contributed by atoms with E-state index in [0.717, 1.165) is 0 Å². The second-order valence-corrected chi connectivity index (χ2v) is 5.49. The van der Waals surface area contributed by atoms with Crippen LogP contribution in [0.1, 0.15) is 16.1 Å². The first-order valence-corrected chi connectivity index (χ1v) is 7.38. The van der Waals surface area contributed by atoms with Crippen LogP contribution in [0.3, 0.4) is 0 Å². The van der Waals surface area contributed by atoms with Crippen LogP contribution in [0, 0.1) is 6.92 Å². The highest BCUT2D eigenvalue weighted by atomic mass is 35.5. The van der Waals surface area contributed by atoms with Gasteiger partial charge in [0.1, 0.15) is 5.56 Å². The SMILES string of the molecule is Cc1[nH]n(-c2ccccc2)c(=O)c1C(=O)Nc1ccc(Cl)cc1. The van der Waals surface area contributed by atoms with Crippen LogP contribution < -0.4 is 10.9 Å². The molecule has 116 valence electrons. The number of hydrogen-bond donors (Lipinski definition) is 2. The summed E-state index contributed by atoms with van der Waals surface area (Å²) in [4.78, 5) is 24.9. The van der Waals surface area contributed by atoms with E-state index in [4.69, 9.17) is 11.6 Å². The maximum absolute atomic E-state index is 12.5. The molecule has 2 N–H and O–H groups in total. The standard InChI is InChI=1S/C17H14ClN3O2/c1-11-15(16(22)19-13-9-7-12(18)8-10-13)17(23)21(20-11)14-5-3-2-4-6-14/h2-10,20H,1H3,(H,19,22). The number of carbonyl (C=O) groups is 1. The van der Waals surface area contributed by atoms with Crippen molar-refractivity contribution in [2.45, 2.75) is 6.92 Å². The number of aromatic nitrogens is 2. The van der Waals surface area contributed by atoms with Gasteiger partial charge < -0.3 is 5.32 Å². The largest absolute Gasteiger partial charge is 0.322 e. The lowest BCUT2D eigenvalue weighted by Gasteiger charge is -2.03. The fraction of sp³-hybridized carbons (Fsp3) is 0.0588. The summed E-state index contributed by atoms with van der Waals surface area (Å²) in [5.41, 5.74) is 1.45. The molecule has 0 saturated heterocycles. The number of para-hydroxylation sites is 1. The Kier molecular flexibility index (Phi) is 4.04. The second kappa shape index (κ2) is 6.14. The zero-order valence-electron chi connectivity index (χ0n) is 12.3. The number of aromatic amines is 1. The van der Waals surface area contributed by atoms with Crippen molar-refractivity contribution in [2.75, 3.05) is 5.32 Å². The molecule has 23 heavy (non-hydrogen) atoms. The summed E-state index contributed by atoms with van der Waals surface area (Å²) in [6.07, 6.45) is 0. The average molecular weight is 328 g/mol. The molecule has 0 bridgehead atoms. The monoisotopic (exact) mass is 327 g/mol. The van der Waals surface area contributed by atoms with Gasteiger partial charge in [-0.15, -0.1) is 0 Å². The fourth-order valence-corrected chi connectivity index (χ4v) is 2.43. The normalized spacial score (nSPS) is 10.5. The molecular formula is C17H14ClN3O2. The molecule has 1 amide bonds. The van der Waals surface area contributed by atoms with Gasteiger partial charge in [0.05, 0.1) is 5.69 Å². The predicted molar refractivity (Wildman–Crippen MR) is 90.5 cm³/mol. The lowest BCUT2D eigenvalue weighted by molar-refractivity contribution is 0.102.